The van der Waals surface area contributed by atoms with Gasteiger partial charge in [0.25, 0.3) is 5.56 Å². The van der Waals surface area contributed by atoms with Gasteiger partial charge in [-0.05, 0) is 61.6 Å². The second-order valence-corrected chi connectivity index (χ2v) is 11.9. The van der Waals surface area contributed by atoms with Crippen LogP contribution in [0.4, 0.5) is 0 Å². The molecule has 5 rings (SSSR count). The lowest BCUT2D eigenvalue weighted by atomic mass is 9.81. The number of para-hydroxylation sites is 2. The lowest BCUT2D eigenvalue weighted by molar-refractivity contribution is -0.125. The first kappa shape index (κ1) is 25.0. The van der Waals surface area contributed by atoms with Gasteiger partial charge in [-0.25, -0.2) is 4.52 Å². The predicted octanol–water partition coefficient (Wildman–Crippen LogP) is 6.38. The first-order valence-electron chi connectivity index (χ1n) is 12.4. The number of fused-ring (bicyclic) bond motifs is 5. The van der Waals surface area contributed by atoms with Crippen molar-refractivity contribution < 1.29 is 4.79 Å². The Morgan fingerprint density at radius 3 is 2.22 bits per heavy atom. The molecule has 0 aliphatic rings. The third-order valence-electron chi connectivity index (χ3n) is 6.50. The molecule has 37 heavy (non-hydrogen) atoms. The van der Waals surface area contributed by atoms with Crippen LogP contribution >= 0.6 is 11.6 Å². The second-order valence-electron chi connectivity index (χ2n) is 11.5. The average Bonchev–Trinajstić information content (AvgIpc) is 3.21. The molecule has 0 aliphatic heterocycles. The number of amides is 1. The van der Waals surface area contributed by atoms with E-state index in [9.17, 15) is 9.59 Å². The Morgan fingerprint density at radius 2 is 1.54 bits per heavy atom. The van der Waals surface area contributed by atoms with Crippen molar-refractivity contribution in [2.24, 2.45) is 5.41 Å². The van der Waals surface area contributed by atoms with E-state index in [1.165, 1.54) is 0 Å². The Kier molecular flexibility index (Phi) is 6.11. The van der Waals surface area contributed by atoms with Gasteiger partial charge >= 0.3 is 0 Å². The van der Waals surface area contributed by atoms with Crippen LogP contribution < -0.4 is 10.9 Å². The second kappa shape index (κ2) is 9.03. The number of halogens is 1. The van der Waals surface area contributed by atoms with E-state index in [1.807, 2.05) is 74.5 Å². The number of rotatable bonds is 5. The number of carbonyl (C=O) groups excluding carboxylic acids is 1. The Hall–Kier alpha value is -3.64. The van der Waals surface area contributed by atoms with Gasteiger partial charge in [0, 0.05) is 15.9 Å². The van der Waals surface area contributed by atoms with Crippen LogP contribution in [0.15, 0.2) is 77.6 Å². The molecule has 0 aliphatic carbocycles. The molecule has 5 aromatic rings. The SMILES string of the molecule is CC(C)(C)CC(C)(C)NC(=O)C(c1ccc(Cl)cc1)n1c(=O)c2c3ccccc3nn2c2ccccc21. The highest BCUT2D eigenvalue weighted by atomic mass is 35.5. The summed E-state index contributed by atoms with van der Waals surface area (Å²) in [6.45, 7) is 10.5. The number of nitrogens with one attached hydrogen (secondary N) is 1. The van der Waals surface area contributed by atoms with Crippen LogP contribution in [-0.2, 0) is 4.79 Å². The number of hydrogen-bond acceptors (Lipinski definition) is 3. The fraction of sp³-hybridized carbons (Fsp3) is 0.300. The number of aromatic nitrogens is 3. The highest BCUT2D eigenvalue weighted by molar-refractivity contribution is 6.30. The normalized spacial score (nSPS) is 13.4. The van der Waals surface area contributed by atoms with Crippen LogP contribution in [0.3, 0.4) is 0 Å². The fourth-order valence-corrected chi connectivity index (χ4v) is 5.70. The maximum atomic E-state index is 14.3. The predicted molar refractivity (Wildman–Crippen MR) is 150 cm³/mol. The van der Waals surface area contributed by atoms with Crippen LogP contribution in [0, 0.1) is 5.41 Å². The minimum atomic E-state index is -0.910. The van der Waals surface area contributed by atoms with Crippen molar-refractivity contribution in [2.75, 3.05) is 0 Å². The Morgan fingerprint density at radius 1 is 0.919 bits per heavy atom. The molecule has 1 unspecified atom stereocenters. The largest absolute Gasteiger partial charge is 0.349 e. The van der Waals surface area contributed by atoms with E-state index in [0.29, 0.717) is 21.6 Å². The Bertz CT molecular complexity index is 1690. The van der Waals surface area contributed by atoms with Crippen molar-refractivity contribution in [3.05, 3.63) is 93.7 Å². The van der Waals surface area contributed by atoms with Crippen LogP contribution in [0.25, 0.3) is 27.5 Å². The van der Waals surface area contributed by atoms with Gasteiger partial charge in [-0.15, -0.1) is 0 Å². The summed E-state index contributed by atoms with van der Waals surface area (Å²) in [6.07, 6.45) is 0.765. The number of hydrogen-bond donors (Lipinski definition) is 1. The molecule has 7 heteroatoms. The summed E-state index contributed by atoms with van der Waals surface area (Å²) >= 11 is 6.20. The maximum Gasteiger partial charge on any atom is 0.278 e. The lowest BCUT2D eigenvalue weighted by Crippen LogP contribution is -2.49. The molecule has 0 saturated heterocycles. The third kappa shape index (κ3) is 4.74. The van der Waals surface area contributed by atoms with E-state index in [-0.39, 0.29) is 16.9 Å². The molecule has 0 bridgehead atoms. The molecule has 1 N–H and O–H groups in total. The van der Waals surface area contributed by atoms with E-state index < -0.39 is 11.6 Å². The van der Waals surface area contributed by atoms with Gasteiger partial charge in [-0.1, -0.05) is 74.8 Å². The molecule has 0 fully saturated rings. The monoisotopic (exact) mass is 514 g/mol. The quantitative estimate of drug-likeness (QED) is 0.296. The van der Waals surface area contributed by atoms with E-state index in [0.717, 1.165) is 22.8 Å². The van der Waals surface area contributed by atoms with Gasteiger partial charge in [0.1, 0.15) is 11.6 Å². The molecule has 2 aromatic heterocycles. The summed E-state index contributed by atoms with van der Waals surface area (Å²) < 4.78 is 3.30. The molecule has 1 atom stereocenters. The number of benzene rings is 3. The molecule has 2 heterocycles. The van der Waals surface area contributed by atoms with Crippen LogP contribution in [0.5, 0.6) is 0 Å². The van der Waals surface area contributed by atoms with Gasteiger partial charge in [0.2, 0.25) is 5.91 Å². The summed E-state index contributed by atoms with van der Waals surface area (Å²) in [4.78, 5) is 28.4. The maximum absolute atomic E-state index is 14.3. The van der Waals surface area contributed by atoms with Gasteiger partial charge in [0.05, 0.1) is 16.6 Å². The molecule has 1 amide bonds. The van der Waals surface area contributed by atoms with Crippen molar-refractivity contribution in [1.29, 1.82) is 0 Å². The molecule has 0 saturated carbocycles. The van der Waals surface area contributed by atoms with E-state index in [2.05, 4.69) is 26.1 Å². The molecule has 190 valence electrons. The van der Waals surface area contributed by atoms with Crippen molar-refractivity contribution in [1.82, 2.24) is 19.5 Å². The molecular formula is C30H31ClN4O2. The molecule has 3 aromatic carbocycles. The van der Waals surface area contributed by atoms with Crippen molar-refractivity contribution >= 4 is 45.0 Å². The summed E-state index contributed by atoms with van der Waals surface area (Å²) in [6, 6.07) is 21.3. The lowest BCUT2D eigenvalue weighted by Gasteiger charge is -2.35. The Labute approximate surface area is 220 Å². The average molecular weight is 515 g/mol. The summed E-state index contributed by atoms with van der Waals surface area (Å²) in [5.74, 6) is -0.253. The highest BCUT2D eigenvalue weighted by Crippen LogP contribution is 2.30. The highest BCUT2D eigenvalue weighted by Gasteiger charge is 2.33. The van der Waals surface area contributed by atoms with E-state index in [4.69, 9.17) is 16.7 Å². The fourth-order valence-electron chi connectivity index (χ4n) is 5.57. The summed E-state index contributed by atoms with van der Waals surface area (Å²) in [5, 5.41) is 9.27. The van der Waals surface area contributed by atoms with E-state index in [1.54, 1.807) is 21.2 Å². The first-order valence-corrected chi connectivity index (χ1v) is 12.8. The van der Waals surface area contributed by atoms with Crippen molar-refractivity contribution in [3.8, 4) is 0 Å². The Balaban J connectivity index is 1.80. The van der Waals surface area contributed by atoms with E-state index >= 15 is 0 Å². The standard InChI is InChI=1S/C30H31ClN4O2/c1-29(2,3)18-30(4,5)32-27(36)25(19-14-16-20(31)17-15-19)34-23-12-8-9-13-24(23)35-26(28(34)37)21-10-6-7-11-22(21)33-35/h6-17,25H,18H2,1-5H3,(H,32,36). The molecule has 6 nitrogen and oxygen atoms in total. The topological polar surface area (TPSA) is 68.4 Å². The van der Waals surface area contributed by atoms with Crippen LogP contribution in [-0.4, -0.2) is 25.6 Å². The van der Waals surface area contributed by atoms with Gasteiger partial charge in [-0.3, -0.25) is 14.2 Å². The minimum absolute atomic E-state index is 0.00546. The van der Waals surface area contributed by atoms with Crippen molar-refractivity contribution in [2.45, 2.75) is 52.6 Å². The first-order chi connectivity index (χ1) is 17.5. The van der Waals surface area contributed by atoms with Gasteiger partial charge in [-0.2, -0.15) is 5.10 Å². The molecular weight excluding hydrogens is 484 g/mol. The van der Waals surface area contributed by atoms with Crippen LogP contribution in [0.1, 0.15) is 52.6 Å². The number of carbonyl (C=O) groups is 1. The zero-order valence-electron chi connectivity index (χ0n) is 21.7. The smallest absolute Gasteiger partial charge is 0.278 e. The van der Waals surface area contributed by atoms with Gasteiger partial charge < -0.3 is 5.32 Å². The minimum Gasteiger partial charge on any atom is -0.349 e. The van der Waals surface area contributed by atoms with Crippen LogP contribution in [0.2, 0.25) is 5.02 Å². The number of nitrogens with zero attached hydrogens (tertiary/aromatic N) is 3. The summed E-state index contributed by atoms with van der Waals surface area (Å²) in [5.41, 5.74) is 2.44. The van der Waals surface area contributed by atoms with Gasteiger partial charge in [0.15, 0.2) is 0 Å². The zero-order valence-corrected chi connectivity index (χ0v) is 22.5. The summed E-state index contributed by atoms with van der Waals surface area (Å²) in [7, 11) is 0. The zero-order chi connectivity index (χ0) is 26.5. The van der Waals surface area contributed by atoms with Crippen molar-refractivity contribution in [3.63, 3.8) is 0 Å². The molecule has 0 radical (unpaired) electrons. The molecule has 0 spiro atoms. The third-order valence-corrected chi connectivity index (χ3v) is 6.75.